The van der Waals surface area contributed by atoms with Crippen LogP contribution in [0, 0.1) is 0 Å². The molecule has 4 rings (SSSR count). The Morgan fingerprint density at radius 1 is 1.19 bits per heavy atom. The molecule has 0 bridgehead atoms. The van der Waals surface area contributed by atoms with E-state index >= 15 is 0 Å². The summed E-state index contributed by atoms with van der Waals surface area (Å²) in [5.41, 5.74) is 1.04. The van der Waals surface area contributed by atoms with Crippen LogP contribution in [0.1, 0.15) is 46.3 Å². The molecule has 6 atom stereocenters. The molecule has 178 valence electrons. The second-order valence-electron chi connectivity index (χ2n) is 10.4. The van der Waals surface area contributed by atoms with Gasteiger partial charge in [0.1, 0.15) is 24.6 Å². The lowest BCUT2D eigenvalue weighted by molar-refractivity contribution is -0.0511. The zero-order valence-electron chi connectivity index (χ0n) is 19.4. The van der Waals surface area contributed by atoms with Gasteiger partial charge < -0.3 is 29.8 Å². The molecule has 4 N–H and O–H groups in total. The van der Waals surface area contributed by atoms with Crippen LogP contribution in [0.15, 0.2) is 12.7 Å². The first-order chi connectivity index (χ1) is 15.0. The van der Waals surface area contributed by atoms with Crippen LogP contribution < -0.4 is 5.32 Å². The fourth-order valence-electron chi connectivity index (χ4n) is 4.22. The lowest BCUT2D eigenvalue weighted by Crippen LogP contribution is -2.47. The Bertz CT molecular complexity index is 948. The first-order valence-electron chi connectivity index (χ1n) is 11.3. The highest BCUT2D eigenvalue weighted by Gasteiger charge is 2.44. The highest BCUT2D eigenvalue weighted by atomic mass is 28.4. The molecule has 0 spiro atoms. The summed E-state index contributed by atoms with van der Waals surface area (Å²) in [5.74, 6) is 0.608. The highest BCUT2D eigenvalue weighted by molar-refractivity contribution is 6.74. The molecule has 1 aliphatic heterocycles. The maximum atomic E-state index is 10.4. The normalized spacial score (nSPS) is 31.5. The van der Waals surface area contributed by atoms with Gasteiger partial charge in [-0.25, -0.2) is 15.0 Å². The number of nitrogens with one attached hydrogen (secondary N) is 1. The van der Waals surface area contributed by atoms with Crippen LogP contribution >= 0.6 is 0 Å². The largest absolute Gasteiger partial charge is 0.412 e. The first-order valence-corrected chi connectivity index (χ1v) is 14.2. The number of rotatable bonds is 6. The quantitative estimate of drug-likeness (QED) is 0.471. The Morgan fingerprint density at radius 2 is 1.94 bits per heavy atom. The van der Waals surface area contributed by atoms with Gasteiger partial charge in [-0.15, -0.1) is 0 Å². The van der Waals surface area contributed by atoms with Gasteiger partial charge in [-0.05, 0) is 37.4 Å². The summed E-state index contributed by atoms with van der Waals surface area (Å²) in [4.78, 5) is 13.2. The third-order valence-electron chi connectivity index (χ3n) is 7.18. The molecule has 32 heavy (non-hydrogen) atoms. The van der Waals surface area contributed by atoms with E-state index in [1.807, 2.05) is 0 Å². The van der Waals surface area contributed by atoms with E-state index in [1.54, 1.807) is 4.57 Å². The van der Waals surface area contributed by atoms with Crippen molar-refractivity contribution in [1.29, 1.82) is 0 Å². The van der Waals surface area contributed by atoms with E-state index in [9.17, 15) is 15.3 Å². The van der Waals surface area contributed by atoms with Gasteiger partial charge in [-0.3, -0.25) is 4.57 Å². The lowest BCUT2D eigenvalue weighted by Gasteiger charge is -2.40. The van der Waals surface area contributed by atoms with Gasteiger partial charge in [0.25, 0.3) is 0 Å². The number of hydrogen-bond donors (Lipinski definition) is 4. The minimum absolute atomic E-state index is 0.114. The van der Waals surface area contributed by atoms with E-state index in [-0.39, 0.29) is 23.8 Å². The molecule has 0 amide bonds. The van der Waals surface area contributed by atoms with Gasteiger partial charge in [-0.1, -0.05) is 20.8 Å². The maximum absolute atomic E-state index is 10.4. The summed E-state index contributed by atoms with van der Waals surface area (Å²) >= 11 is 0. The molecular formula is C21H35N5O5Si. The molecular weight excluding hydrogens is 430 g/mol. The molecule has 10 nitrogen and oxygen atoms in total. The van der Waals surface area contributed by atoms with E-state index in [0.29, 0.717) is 17.0 Å². The Hall–Kier alpha value is -1.63. The molecule has 1 aliphatic carbocycles. The molecule has 1 saturated heterocycles. The summed E-state index contributed by atoms with van der Waals surface area (Å²) in [6.45, 7) is 10.9. The summed E-state index contributed by atoms with van der Waals surface area (Å²) in [6.07, 6.45) is 2.02. The third kappa shape index (κ3) is 4.17. The second-order valence-corrected chi connectivity index (χ2v) is 15.1. The molecule has 2 aliphatic rings. The average molecular weight is 466 g/mol. The van der Waals surface area contributed by atoms with Crippen molar-refractivity contribution in [2.75, 3.05) is 11.9 Å². The molecule has 0 radical (unpaired) electrons. The molecule has 2 fully saturated rings. The summed E-state index contributed by atoms with van der Waals surface area (Å²) in [6, 6.07) is 0.126. The highest BCUT2D eigenvalue weighted by Crippen LogP contribution is 2.40. The second kappa shape index (κ2) is 8.62. The SMILES string of the molecule is CC(C)(C)[Si](C)(C)OC1CCCC1Nc1ncnc2c1ncn2[C@@H]1O[C@H](CO)[C@@H](O)[C@H]1O. The average Bonchev–Trinajstić information content (AvgIpc) is 3.41. The fraction of sp³-hybridized carbons (Fsp3) is 0.762. The standard InChI is InChI=1S/C21H35N5O5Si/c1-21(2,3)32(4,5)31-13-8-6-7-12(13)25-18-15-19(23-10-22-18)26(11-24-15)20-17(29)16(28)14(9-27)30-20/h10-14,16-17,20,27-29H,6-9H2,1-5H3,(H,22,23,25)/t12?,13?,14-,16-,17-,20-/m1/s1. The zero-order chi connectivity index (χ0) is 23.3. The van der Waals surface area contributed by atoms with Crippen LogP contribution in [0.3, 0.4) is 0 Å². The number of nitrogens with zero attached hydrogens (tertiary/aromatic N) is 4. The third-order valence-corrected chi connectivity index (χ3v) is 11.7. The molecule has 2 unspecified atom stereocenters. The number of aliphatic hydroxyl groups excluding tert-OH is 3. The van der Waals surface area contributed by atoms with Crippen LogP contribution in [-0.4, -0.2) is 80.2 Å². The van der Waals surface area contributed by atoms with Crippen molar-refractivity contribution in [2.24, 2.45) is 0 Å². The predicted molar refractivity (Wildman–Crippen MR) is 122 cm³/mol. The smallest absolute Gasteiger partial charge is 0.192 e. The molecule has 1 saturated carbocycles. The van der Waals surface area contributed by atoms with E-state index in [1.165, 1.54) is 12.7 Å². The molecule has 2 aromatic rings. The lowest BCUT2D eigenvalue weighted by atomic mass is 10.1. The van der Waals surface area contributed by atoms with E-state index in [2.05, 4.69) is 54.1 Å². The predicted octanol–water partition coefficient (Wildman–Crippen LogP) is 1.79. The van der Waals surface area contributed by atoms with E-state index < -0.39 is 32.9 Å². The molecule has 2 aromatic heterocycles. The van der Waals surface area contributed by atoms with Gasteiger partial charge in [-0.2, -0.15) is 0 Å². The Balaban J connectivity index is 1.56. The summed E-state index contributed by atoms with van der Waals surface area (Å²) < 4.78 is 13.9. The van der Waals surface area contributed by atoms with E-state index in [0.717, 1.165) is 19.3 Å². The van der Waals surface area contributed by atoms with Crippen molar-refractivity contribution >= 4 is 25.3 Å². The number of aliphatic hydroxyl groups is 3. The summed E-state index contributed by atoms with van der Waals surface area (Å²) in [5, 5.41) is 33.5. The van der Waals surface area contributed by atoms with Gasteiger partial charge in [0.2, 0.25) is 0 Å². The van der Waals surface area contributed by atoms with Crippen molar-refractivity contribution < 1.29 is 24.5 Å². The van der Waals surface area contributed by atoms with Crippen molar-refractivity contribution in [3.63, 3.8) is 0 Å². The minimum atomic E-state index is -1.90. The van der Waals surface area contributed by atoms with Crippen LogP contribution in [-0.2, 0) is 9.16 Å². The van der Waals surface area contributed by atoms with Gasteiger partial charge >= 0.3 is 0 Å². The van der Waals surface area contributed by atoms with E-state index in [4.69, 9.17) is 9.16 Å². The summed E-state index contributed by atoms with van der Waals surface area (Å²) in [7, 11) is -1.90. The van der Waals surface area contributed by atoms with Crippen LogP contribution in [0.25, 0.3) is 11.2 Å². The number of anilines is 1. The Labute approximate surface area is 189 Å². The number of hydrogen-bond acceptors (Lipinski definition) is 9. The number of ether oxygens (including phenoxy) is 1. The zero-order valence-corrected chi connectivity index (χ0v) is 20.4. The topological polar surface area (TPSA) is 135 Å². The van der Waals surface area contributed by atoms with Gasteiger partial charge in [0, 0.05) is 0 Å². The number of imidazole rings is 1. The molecule has 3 heterocycles. The molecule has 11 heteroatoms. The maximum Gasteiger partial charge on any atom is 0.192 e. The first kappa shape index (κ1) is 23.5. The van der Waals surface area contributed by atoms with Gasteiger partial charge in [0.15, 0.2) is 31.5 Å². The minimum Gasteiger partial charge on any atom is -0.412 e. The number of aromatic nitrogens is 4. The monoisotopic (exact) mass is 465 g/mol. The van der Waals surface area contributed by atoms with Crippen LogP contribution in [0.2, 0.25) is 18.1 Å². The van der Waals surface area contributed by atoms with Crippen molar-refractivity contribution in [3.05, 3.63) is 12.7 Å². The molecule has 0 aromatic carbocycles. The van der Waals surface area contributed by atoms with Crippen molar-refractivity contribution in [1.82, 2.24) is 19.5 Å². The van der Waals surface area contributed by atoms with Crippen molar-refractivity contribution in [3.8, 4) is 0 Å². The van der Waals surface area contributed by atoms with Crippen molar-refractivity contribution in [2.45, 2.75) is 94.9 Å². The van der Waals surface area contributed by atoms with Gasteiger partial charge in [0.05, 0.1) is 25.1 Å². The van der Waals surface area contributed by atoms with Crippen LogP contribution in [0.4, 0.5) is 5.82 Å². The fourth-order valence-corrected chi connectivity index (χ4v) is 5.61. The number of fused-ring (bicyclic) bond motifs is 1. The van der Waals surface area contributed by atoms with Crippen LogP contribution in [0.5, 0.6) is 0 Å². The Kier molecular flexibility index (Phi) is 6.33. The Morgan fingerprint density at radius 3 is 2.59 bits per heavy atom.